The number of amides is 1. The predicted octanol–water partition coefficient (Wildman–Crippen LogP) is 5.46. The highest BCUT2D eigenvalue weighted by molar-refractivity contribution is 6.29. The summed E-state index contributed by atoms with van der Waals surface area (Å²) in [5, 5.41) is 0.129. The highest BCUT2D eigenvalue weighted by atomic mass is 35.5. The van der Waals surface area contributed by atoms with Crippen molar-refractivity contribution in [2.45, 2.75) is 77.4 Å². The lowest BCUT2D eigenvalue weighted by Gasteiger charge is -2.34. The molecule has 0 radical (unpaired) electrons. The van der Waals surface area contributed by atoms with Gasteiger partial charge in [0.05, 0.1) is 12.2 Å². The Kier molecular flexibility index (Phi) is 8.45. The van der Waals surface area contributed by atoms with Gasteiger partial charge in [-0.3, -0.25) is 4.90 Å². The fraction of sp³-hybridized carbons (Fsp3) is 0.727. The zero-order valence-corrected chi connectivity index (χ0v) is 20.3. The van der Waals surface area contributed by atoms with E-state index in [1.165, 1.54) is 21.9 Å². The fourth-order valence-electron chi connectivity index (χ4n) is 3.61. The van der Waals surface area contributed by atoms with Crippen LogP contribution in [0.5, 0.6) is 0 Å². The van der Waals surface area contributed by atoms with E-state index in [0.29, 0.717) is 6.42 Å². The summed E-state index contributed by atoms with van der Waals surface area (Å²) in [6.07, 6.45) is -3.52. The van der Waals surface area contributed by atoms with Crippen molar-refractivity contribution in [3.05, 3.63) is 29.0 Å². The van der Waals surface area contributed by atoms with Crippen LogP contribution in [0, 0.1) is 0 Å². The highest BCUT2D eigenvalue weighted by Gasteiger charge is 2.48. The Balaban J connectivity index is 2.20. The summed E-state index contributed by atoms with van der Waals surface area (Å²) in [7, 11) is 0. The van der Waals surface area contributed by atoms with Gasteiger partial charge in [-0.2, -0.15) is 13.2 Å². The van der Waals surface area contributed by atoms with E-state index < -0.39 is 35.6 Å². The molecule has 1 saturated heterocycles. The van der Waals surface area contributed by atoms with Crippen LogP contribution < -0.4 is 0 Å². The van der Waals surface area contributed by atoms with Gasteiger partial charge in [0.15, 0.2) is 0 Å². The molecule has 0 spiro atoms. The Morgan fingerprint density at radius 2 is 1.88 bits per heavy atom. The Bertz CT molecular complexity index is 761. The third kappa shape index (κ3) is 8.08. The minimum Gasteiger partial charge on any atom is -0.444 e. The van der Waals surface area contributed by atoms with Crippen LogP contribution in [0.1, 0.15) is 59.6 Å². The van der Waals surface area contributed by atoms with E-state index in [2.05, 4.69) is 4.98 Å². The Morgan fingerprint density at radius 3 is 2.38 bits per heavy atom. The van der Waals surface area contributed by atoms with Gasteiger partial charge in [0.1, 0.15) is 16.8 Å². The smallest absolute Gasteiger partial charge is 0.410 e. The molecular weight excluding hydrogens is 447 g/mol. The molecule has 2 atom stereocenters. The molecule has 1 amide bonds. The summed E-state index contributed by atoms with van der Waals surface area (Å²) in [5.74, 6) is 0. The Morgan fingerprint density at radius 1 is 1.22 bits per heavy atom. The molecule has 2 rings (SSSR count). The van der Waals surface area contributed by atoms with Crippen molar-refractivity contribution in [2.75, 3.05) is 26.2 Å². The van der Waals surface area contributed by atoms with Crippen molar-refractivity contribution in [1.29, 1.82) is 0 Å². The molecule has 0 bridgehead atoms. The molecule has 32 heavy (non-hydrogen) atoms. The second kappa shape index (κ2) is 10.1. The van der Waals surface area contributed by atoms with E-state index in [4.69, 9.17) is 21.1 Å². The second-order valence-corrected chi connectivity index (χ2v) is 10.3. The molecule has 6 nitrogen and oxygen atoms in total. The zero-order valence-electron chi connectivity index (χ0n) is 19.5. The number of nitrogens with zero attached hydrogens (tertiary/aromatic N) is 3. The first-order valence-corrected chi connectivity index (χ1v) is 11.0. The number of likely N-dealkylation sites (tertiary alicyclic amines) is 1. The monoisotopic (exact) mass is 479 g/mol. The van der Waals surface area contributed by atoms with Gasteiger partial charge in [-0.05, 0) is 59.6 Å². The molecule has 10 heteroatoms. The summed E-state index contributed by atoms with van der Waals surface area (Å²) < 4.78 is 53.2. The molecular formula is C22H33ClF3N3O3. The summed E-state index contributed by atoms with van der Waals surface area (Å²) in [5.41, 5.74) is -1.10. The number of halogens is 4. The van der Waals surface area contributed by atoms with E-state index in [1.54, 1.807) is 20.8 Å². The minimum absolute atomic E-state index is 0.0161. The van der Waals surface area contributed by atoms with Crippen molar-refractivity contribution < 1.29 is 27.4 Å². The normalized spacial score (nSPS) is 19.1. The van der Waals surface area contributed by atoms with Crippen molar-refractivity contribution in [3.63, 3.8) is 0 Å². The van der Waals surface area contributed by atoms with E-state index in [1.807, 2.05) is 20.8 Å². The zero-order chi connectivity index (χ0) is 24.3. The largest absolute Gasteiger partial charge is 0.444 e. The average Bonchev–Trinajstić information content (AvgIpc) is 3.05. The minimum atomic E-state index is -4.50. The molecule has 2 heterocycles. The SMILES string of the molecule is CC(C)(C)OCCN(C(=O)OC(C)(C)C)C1CCN([C@H](c2ccc(Cl)nc2)C(F)(F)F)C1. The first-order valence-electron chi connectivity index (χ1n) is 10.6. The third-order valence-electron chi connectivity index (χ3n) is 4.87. The van der Waals surface area contributed by atoms with Gasteiger partial charge >= 0.3 is 12.3 Å². The molecule has 0 aromatic carbocycles. The maximum absolute atomic E-state index is 14.0. The maximum Gasteiger partial charge on any atom is 0.410 e. The van der Waals surface area contributed by atoms with Crippen LogP contribution in [0.25, 0.3) is 0 Å². The number of hydrogen-bond acceptors (Lipinski definition) is 5. The number of pyridine rings is 1. The van der Waals surface area contributed by atoms with Crippen molar-refractivity contribution in [3.8, 4) is 0 Å². The van der Waals surface area contributed by atoms with Crippen molar-refractivity contribution in [1.82, 2.24) is 14.8 Å². The third-order valence-corrected chi connectivity index (χ3v) is 5.10. The second-order valence-electron chi connectivity index (χ2n) is 9.93. The van der Waals surface area contributed by atoms with Crippen LogP contribution in [0.4, 0.5) is 18.0 Å². The lowest BCUT2D eigenvalue weighted by Crippen LogP contribution is -2.47. The van der Waals surface area contributed by atoms with Gasteiger partial charge in [-0.15, -0.1) is 0 Å². The summed E-state index contributed by atoms with van der Waals surface area (Å²) >= 11 is 5.75. The average molecular weight is 480 g/mol. The molecule has 1 aromatic rings. The molecule has 0 N–H and O–H groups in total. The van der Waals surface area contributed by atoms with Crippen LogP contribution in [-0.4, -0.2) is 70.5 Å². The lowest BCUT2D eigenvalue weighted by molar-refractivity contribution is -0.184. The molecule has 0 aliphatic carbocycles. The van der Waals surface area contributed by atoms with Gasteiger partial charge < -0.3 is 14.4 Å². The van der Waals surface area contributed by atoms with Crippen LogP contribution in [0.15, 0.2) is 18.3 Å². The highest BCUT2D eigenvalue weighted by Crippen LogP contribution is 2.40. The number of ether oxygens (including phenoxy) is 2. The molecule has 182 valence electrons. The number of aromatic nitrogens is 1. The number of alkyl halides is 3. The molecule has 1 unspecified atom stereocenters. The molecule has 0 saturated carbocycles. The van der Waals surface area contributed by atoms with Crippen LogP contribution >= 0.6 is 11.6 Å². The number of rotatable bonds is 6. The summed E-state index contributed by atoms with van der Waals surface area (Å²) in [6, 6.07) is 0.422. The number of carbonyl (C=O) groups is 1. The Hall–Kier alpha value is -1.58. The lowest BCUT2D eigenvalue weighted by atomic mass is 10.1. The van der Waals surface area contributed by atoms with Crippen LogP contribution in [0.2, 0.25) is 5.15 Å². The first-order chi connectivity index (χ1) is 14.6. The van der Waals surface area contributed by atoms with E-state index in [0.717, 1.165) is 6.20 Å². The quantitative estimate of drug-likeness (QED) is 0.507. The number of hydrogen-bond donors (Lipinski definition) is 0. The van der Waals surface area contributed by atoms with Gasteiger partial charge in [0.2, 0.25) is 0 Å². The first kappa shape index (κ1) is 26.7. The van der Waals surface area contributed by atoms with E-state index in [9.17, 15) is 18.0 Å². The Labute approximate surface area is 193 Å². The molecule has 1 fully saturated rings. The van der Waals surface area contributed by atoms with Gasteiger partial charge in [0, 0.05) is 31.9 Å². The van der Waals surface area contributed by atoms with Gasteiger partial charge in [0.25, 0.3) is 0 Å². The summed E-state index contributed by atoms with van der Waals surface area (Å²) in [6.45, 7) is 11.7. The molecule has 1 aromatic heterocycles. The van der Waals surface area contributed by atoms with Crippen molar-refractivity contribution >= 4 is 17.7 Å². The number of carbonyl (C=O) groups excluding carboxylic acids is 1. The standard InChI is InChI=1S/C22H33ClF3N3O3/c1-20(2,3)31-12-11-29(19(30)32-21(4,5)6)16-9-10-28(14-16)18(22(24,25)26)15-7-8-17(23)27-13-15/h7-8,13,16,18H,9-12,14H2,1-6H3/t16?,18-/m1/s1. The van der Waals surface area contributed by atoms with Gasteiger partial charge in [-0.25, -0.2) is 9.78 Å². The van der Waals surface area contributed by atoms with Crippen LogP contribution in [-0.2, 0) is 9.47 Å². The van der Waals surface area contributed by atoms with Crippen LogP contribution in [0.3, 0.4) is 0 Å². The maximum atomic E-state index is 14.0. The van der Waals surface area contributed by atoms with E-state index in [-0.39, 0.29) is 37.0 Å². The predicted molar refractivity (Wildman–Crippen MR) is 117 cm³/mol. The fourth-order valence-corrected chi connectivity index (χ4v) is 3.72. The topological polar surface area (TPSA) is 54.9 Å². The molecule has 1 aliphatic rings. The van der Waals surface area contributed by atoms with E-state index >= 15 is 0 Å². The molecule has 1 aliphatic heterocycles. The van der Waals surface area contributed by atoms with Crippen molar-refractivity contribution in [2.24, 2.45) is 0 Å². The summed E-state index contributed by atoms with van der Waals surface area (Å²) in [4.78, 5) is 19.5. The van der Waals surface area contributed by atoms with Gasteiger partial charge in [-0.1, -0.05) is 17.7 Å².